The number of anilines is 1. The molecule has 7 heteroatoms. The van der Waals surface area contributed by atoms with Crippen LogP contribution in [0.15, 0.2) is 18.3 Å². The summed E-state index contributed by atoms with van der Waals surface area (Å²) < 4.78 is 13.9. The number of alkyl halides is 1. The quantitative estimate of drug-likeness (QED) is 0.729. The molecule has 1 rings (SSSR count). The molecule has 0 saturated heterocycles. The monoisotopic (exact) mass is 256 g/mol. The van der Waals surface area contributed by atoms with Crippen LogP contribution in [-0.2, 0) is 21.4 Å². The number of hydrogen-bond donors (Lipinski definition) is 2. The summed E-state index contributed by atoms with van der Waals surface area (Å²) >= 11 is 0. The van der Waals surface area contributed by atoms with Gasteiger partial charge in [0.05, 0.1) is 6.42 Å². The van der Waals surface area contributed by atoms with E-state index in [1.807, 2.05) is 0 Å². The van der Waals surface area contributed by atoms with E-state index in [-0.39, 0.29) is 0 Å². The fraction of sp³-hybridized carbons (Fsp3) is 0.364. The topological polar surface area (TPSA) is 88.4 Å². The predicted molar refractivity (Wildman–Crippen MR) is 60.8 cm³/mol. The lowest BCUT2D eigenvalue weighted by molar-refractivity contribution is -0.144. The maximum absolute atomic E-state index is 12.3. The number of rotatable bonds is 6. The van der Waals surface area contributed by atoms with E-state index < -0.39 is 36.7 Å². The number of carbonyl (C=O) groups is 3. The highest BCUT2D eigenvalue weighted by Crippen LogP contribution is 2.12. The summed E-state index contributed by atoms with van der Waals surface area (Å²) in [4.78, 5) is 33.5. The molecule has 1 aromatic rings. The molecule has 1 amide bonds. The number of ketones is 1. The summed E-state index contributed by atoms with van der Waals surface area (Å²) in [6.45, 7) is -1.36. The van der Waals surface area contributed by atoms with Crippen molar-refractivity contribution in [1.82, 2.24) is 4.57 Å². The zero-order chi connectivity index (χ0) is 13.7. The molecule has 0 aliphatic heterocycles. The Kier molecular flexibility index (Phi) is 4.59. The summed E-state index contributed by atoms with van der Waals surface area (Å²) in [5.74, 6) is -4.29. The lowest BCUT2D eigenvalue weighted by Gasteiger charge is -2.12. The molecule has 0 aliphatic rings. The molecule has 1 aromatic heterocycles. The summed E-state index contributed by atoms with van der Waals surface area (Å²) in [5, 5.41) is 11.0. The SMILES string of the molecule is Cn1cccc1NC(=O)C(CC(=O)O)C(=O)CF. The largest absolute Gasteiger partial charge is 0.481 e. The van der Waals surface area contributed by atoms with Crippen molar-refractivity contribution in [3.05, 3.63) is 18.3 Å². The Hall–Kier alpha value is -2.18. The van der Waals surface area contributed by atoms with Crippen LogP contribution in [0, 0.1) is 5.92 Å². The van der Waals surface area contributed by atoms with Gasteiger partial charge in [0.25, 0.3) is 0 Å². The van der Waals surface area contributed by atoms with Crippen molar-refractivity contribution in [3.63, 3.8) is 0 Å². The first kappa shape index (κ1) is 13.9. The van der Waals surface area contributed by atoms with Crippen molar-refractivity contribution in [1.29, 1.82) is 0 Å². The van der Waals surface area contributed by atoms with Gasteiger partial charge in [0.15, 0.2) is 5.78 Å². The molecule has 1 heterocycles. The Balaban J connectivity index is 2.79. The number of nitrogens with zero attached hydrogens (tertiary/aromatic N) is 1. The highest BCUT2D eigenvalue weighted by molar-refractivity contribution is 6.09. The van der Waals surface area contributed by atoms with E-state index in [1.54, 1.807) is 29.9 Å². The fourth-order valence-electron chi connectivity index (χ4n) is 1.42. The van der Waals surface area contributed by atoms with Gasteiger partial charge in [-0.2, -0.15) is 0 Å². The molecular formula is C11H13FN2O4. The van der Waals surface area contributed by atoms with E-state index >= 15 is 0 Å². The first-order chi connectivity index (χ1) is 8.45. The van der Waals surface area contributed by atoms with Crippen molar-refractivity contribution in [2.24, 2.45) is 13.0 Å². The lowest BCUT2D eigenvalue weighted by Crippen LogP contribution is -2.33. The van der Waals surface area contributed by atoms with E-state index in [0.717, 1.165) is 0 Å². The van der Waals surface area contributed by atoms with Gasteiger partial charge in [-0.3, -0.25) is 14.4 Å². The number of aliphatic carboxylic acids is 1. The highest BCUT2D eigenvalue weighted by atomic mass is 19.1. The molecule has 0 radical (unpaired) electrons. The van der Waals surface area contributed by atoms with Gasteiger partial charge in [-0.1, -0.05) is 0 Å². The molecule has 1 atom stereocenters. The maximum Gasteiger partial charge on any atom is 0.304 e. The van der Waals surface area contributed by atoms with Crippen molar-refractivity contribution in [2.45, 2.75) is 6.42 Å². The Labute approximate surface area is 102 Å². The maximum atomic E-state index is 12.3. The van der Waals surface area contributed by atoms with E-state index in [0.29, 0.717) is 5.82 Å². The van der Waals surface area contributed by atoms with Gasteiger partial charge in [0.1, 0.15) is 18.4 Å². The minimum atomic E-state index is -1.51. The average molecular weight is 256 g/mol. The number of aromatic nitrogens is 1. The minimum Gasteiger partial charge on any atom is -0.481 e. The Morgan fingerprint density at radius 3 is 2.61 bits per heavy atom. The van der Waals surface area contributed by atoms with Crippen LogP contribution in [0.25, 0.3) is 0 Å². The Bertz CT molecular complexity index is 469. The first-order valence-corrected chi connectivity index (χ1v) is 5.18. The molecule has 0 saturated carbocycles. The summed E-state index contributed by atoms with van der Waals surface area (Å²) in [5.41, 5.74) is 0. The second-order valence-electron chi connectivity index (χ2n) is 3.74. The van der Waals surface area contributed by atoms with Gasteiger partial charge >= 0.3 is 5.97 Å². The van der Waals surface area contributed by atoms with E-state index in [4.69, 9.17) is 5.11 Å². The molecule has 0 spiro atoms. The van der Waals surface area contributed by atoms with E-state index in [2.05, 4.69) is 5.32 Å². The Morgan fingerprint density at radius 2 is 2.17 bits per heavy atom. The van der Waals surface area contributed by atoms with Crippen LogP contribution < -0.4 is 5.32 Å². The van der Waals surface area contributed by atoms with Crippen LogP contribution in [0.1, 0.15) is 6.42 Å². The lowest BCUT2D eigenvalue weighted by atomic mass is 10.00. The summed E-state index contributed by atoms with van der Waals surface area (Å²) in [6.07, 6.45) is 0.942. The van der Waals surface area contributed by atoms with Crippen LogP contribution in [-0.4, -0.2) is 34.0 Å². The van der Waals surface area contributed by atoms with Crippen LogP contribution >= 0.6 is 0 Å². The van der Waals surface area contributed by atoms with Gasteiger partial charge in [-0.05, 0) is 12.1 Å². The zero-order valence-electron chi connectivity index (χ0n) is 9.72. The van der Waals surface area contributed by atoms with Gasteiger partial charge in [0, 0.05) is 13.2 Å². The average Bonchev–Trinajstić information content (AvgIpc) is 2.70. The number of hydrogen-bond acceptors (Lipinski definition) is 3. The van der Waals surface area contributed by atoms with Crippen molar-refractivity contribution < 1.29 is 23.9 Å². The molecule has 6 nitrogen and oxygen atoms in total. The molecular weight excluding hydrogens is 243 g/mol. The first-order valence-electron chi connectivity index (χ1n) is 5.18. The minimum absolute atomic E-state index is 0.405. The molecule has 0 bridgehead atoms. The molecule has 18 heavy (non-hydrogen) atoms. The van der Waals surface area contributed by atoms with Crippen molar-refractivity contribution in [2.75, 3.05) is 12.0 Å². The van der Waals surface area contributed by atoms with Gasteiger partial charge < -0.3 is 15.0 Å². The fourth-order valence-corrected chi connectivity index (χ4v) is 1.42. The third-order valence-electron chi connectivity index (χ3n) is 2.41. The number of carboxylic acids is 1. The van der Waals surface area contributed by atoms with Crippen molar-refractivity contribution >= 4 is 23.5 Å². The second-order valence-corrected chi connectivity index (χ2v) is 3.74. The molecule has 1 unspecified atom stereocenters. The molecule has 98 valence electrons. The van der Waals surface area contributed by atoms with Crippen LogP contribution in [0.5, 0.6) is 0 Å². The van der Waals surface area contributed by atoms with E-state index in [1.165, 1.54) is 0 Å². The van der Waals surface area contributed by atoms with Crippen LogP contribution in [0.3, 0.4) is 0 Å². The number of halogens is 1. The van der Waals surface area contributed by atoms with Crippen LogP contribution in [0.4, 0.5) is 10.2 Å². The predicted octanol–water partition coefficient (Wildman–Crippen LogP) is 0.593. The summed E-state index contributed by atoms with van der Waals surface area (Å²) in [7, 11) is 1.67. The van der Waals surface area contributed by atoms with Gasteiger partial charge in [-0.25, -0.2) is 4.39 Å². The normalized spacial score (nSPS) is 11.9. The summed E-state index contributed by atoms with van der Waals surface area (Å²) in [6, 6.07) is 3.24. The number of aryl methyl sites for hydroxylation is 1. The van der Waals surface area contributed by atoms with E-state index in [9.17, 15) is 18.8 Å². The number of Topliss-reactive ketones (excluding diaryl/α,β-unsaturated/α-hetero) is 1. The molecule has 0 fully saturated rings. The number of carboxylic acid groups (broad SMARTS) is 1. The molecule has 0 aliphatic carbocycles. The second kappa shape index (κ2) is 5.95. The number of nitrogens with one attached hydrogen (secondary N) is 1. The third kappa shape index (κ3) is 3.41. The smallest absolute Gasteiger partial charge is 0.304 e. The van der Waals surface area contributed by atoms with Gasteiger partial charge in [-0.15, -0.1) is 0 Å². The standard InChI is InChI=1S/C11H13FN2O4/c1-14-4-2-3-9(14)13-11(18)7(5-10(16)17)8(15)6-12/h2-4,7H,5-6H2,1H3,(H,13,18)(H,16,17). The third-order valence-corrected chi connectivity index (χ3v) is 2.41. The molecule has 2 N–H and O–H groups in total. The zero-order valence-corrected chi connectivity index (χ0v) is 9.72. The number of amides is 1. The number of carbonyl (C=O) groups excluding carboxylic acids is 2. The highest BCUT2D eigenvalue weighted by Gasteiger charge is 2.29. The Morgan fingerprint density at radius 1 is 1.50 bits per heavy atom. The van der Waals surface area contributed by atoms with Crippen LogP contribution in [0.2, 0.25) is 0 Å². The van der Waals surface area contributed by atoms with Gasteiger partial charge in [0.2, 0.25) is 5.91 Å². The van der Waals surface area contributed by atoms with Crippen molar-refractivity contribution in [3.8, 4) is 0 Å². The molecule has 0 aromatic carbocycles.